The van der Waals surface area contributed by atoms with E-state index in [1.165, 1.54) is 17.8 Å². The Morgan fingerprint density at radius 2 is 1.71 bits per heavy atom. The summed E-state index contributed by atoms with van der Waals surface area (Å²) in [5, 5.41) is 5.21. The lowest BCUT2D eigenvalue weighted by Gasteiger charge is -2.34. The molecule has 1 N–H and O–H groups in total. The molecule has 202 valence electrons. The van der Waals surface area contributed by atoms with Crippen LogP contribution in [0.5, 0.6) is 17.2 Å². The Hall–Kier alpha value is -3.52. The zero-order valence-electron chi connectivity index (χ0n) is 22.3. The molecule has 4 rings (SSSR count). The van der Waals surface area contributed by atoms with Crippen molar-refractivity contribution in [3.8, 4) is 17.2 Å². The van der Waals surface area contributed by atoms with E-state index < -0.39 is 6.04 Å². The van der Waals surface area contributed by atoms with E-state index in [9.17, 15) is 9.59 Å². The van der Waals surface area contributed by atoms with Gasteiger partial charge < -0.3 is 24.4 Å². The zero-order chi connectivity index (χ0) is 26.9. The Morgan fingerprint density at radius 3 is 2.34 bits per heavy atom. The summed E-state index contributed by atoms with van der Waals surface area (Å²) in [6.45, 7) is 0.247. The van der Waals surface area contributed by atoms with Gasteiger partial charge in [-0.1, -0.05) is 49.6 Å². The third-order valence-electron chi connectivity index (χ3n) is 6.98. The quantitative estimate of drug-likeness (QED) is 0.348. The van der Waals surface area contributed by atoms with Crippen LogP contribution in [0.15, 0.2) is 60.0 Å². The lowest BCUT2D eigenvalue weighted by molar-refractivity contribution is -0.141. The highest BCUT2D eigenvalue weighted by molar-refractivity contribution is 7.10. The number of carbonyl (C=O) groups is 2. The molecule has 0 aliphatic heterocycles. The van der Waals surface area contributed by atoms with Gasteiger partial charge in [-0.25, -0.2) is 0 Å². The number of hydrogen-bond donors (Lipinski definition) is 1. The second-order valence-electron chi connectivity index (χ2n) is 9.45. The maximum Gasteiger partial charge on any atom is 0.247 e. The second kappa shape index (κ2) is 13.3. The number of carbonyl (C=O) groups excluding carboxylic acids is 2. The first-order valence-electron chi connectivity index (χ1n) is 13.0. The largest absolute Gasteiger partial charge is 0.497 e. The molecule has 1 fully saturated rings. The van der Waals surface area contributed by atoms with E-state index in [-0.39, 0.29) is 30.8 Å². The molecule has 0 bridgehead atoms. The van der Waals surface area contributed by atoms with Gasteiger partial charge in [-0.2, -0.15) is 0 Å². The maximum absolute atomic E-state index is 14.1. The summed E-state index contributed by atoms with van der Waals surface area (Å²) < 4.78 is 16.6. The summed E-state index contributed by atoms with van der Waals surface area (Å²) in [6.07, 6.45) is 5.44. The summed E-state index contributed by atoms with van der Waals surface area (Å²) in [6, 6.07) is 16.1. The Bertz CT molecular complexity index is 1190. The number of methoxy groups -OCH3 is 3. The Balaban J connectivity index is 1.77. The van der Waals surface area contributed by atoms with E-state index in [0.717, 1.165) is 41.9 Å². The molecule has 0 saturated heterocycles. The van der Waals surface area contributed by atoms with Gasteiger partial charge in [0.25, 0.3) is 0 Å². The van der Waals surface area contributed by atoms with E-state index in [0.29, 0.717) is 17.1 Å². The maximum atomic E-state index is 14.1. The van der Waals surface area contributed by atoms with Gasteiger partial charge in [0.05, 0.1) is 27.8 Å². The third-order valence-corrected chi connectivity index (χ3v) is 7.85. The monoisotopic (exact) mass is 536 g/mol. The molecule has 8 heteroatoms. The van der Waals surface area contributed by atoms with E-state index in [2.05, 4.69) is 5.32 Å². The number of ether oxygens (including phenoxy) is 3. The standard InChI is InChI=1S/C30H36N2O5S/c1-35-23-16-14-21(15-17-23)20-32(27(33)19-24-11-8-18-38-24)28(30(34)31-22-9-5-4-6-10-22)25-12-7-13-26(36-2)29(25)37-3/h7-8,11-18,22,28H,4-6,9-10,19-20H2,1-3H3,(H,31,34)/t28-/m1/s1. The predicted octanol–water partition coefficient (Wildman–Crippen LogP) is 5.54. The Morgan fingerprint density at radius 1 is 0.947 bits per heavy atom. The fourth-order valence-corrected chi connectivity index (χ4v) is 5.72. The molecule has 1 aliphatic rings. The van der Waals surface area contributed by atoms with Gasteiger partial charge in [0.15, 0.2) is 11.5 Å². The van der Waals surface area contributed by atoms with Crippen molar-refractivity contribution < 1.29 is 23.8 Å². The van der Waals surface area contributed by atoms with Crippen molar-refractivity contribution >= 4 is 23.2 Å². The van der Waals surface area contributed by atoms with Crippen molar-refractivity contribution in [1.82, 2.24) is 10.2 Å². The summed E-state index contributed by atoms with van der Waals surface area (Å²) in [4.78, 5) is 30.7. The average Bonchev–Trinajstić information content (AvgIpc) is 3.46. The van der Waals surface area contributed by atoms with Crippen molar-refractivity contribution in [1.29, 1.82) is 0 Å². The van der Waals surface area contributed by atoms with Gasteiger partial charge in [-0.3, -0.25) is 9.59 Å². The van der Waals surface area contributed by atoms with Crippen molar-refractivity contribution in [3.05, 3.63) is 76.0 Å². The van der Waals surface area contributed by atoms with Gasteiger partial charge in [0.2, 0.25) is 11.8 Å². The normalized spacial score (nSPS) is 14.4. The van der Waals surface area contributed by atoms with Crippen molar-refractivity contribution in [3.63, 3.8) is 0 Å². The van der Waals surface area contributed by atoms with Crippen LogP contribution in [0.3, 0.4) is 0 Å². The molecule has 1 heterocycles. The van der Waals surface area contributed by atoms with Crippen molar-refractivity contribution in [2.45, 2.75) is 57.2 Å². The average molecular weight is 537 g/mol. The molecule has 0 spiro atoms. The van der Waals surface area contributed by atoms with Crippen LogP contribution in [0.1, 0.15) is 54.1 Å². The Kier molecular flexibility index (Phi) is 9.65. The summed E-state index contributed by atoms with van der Waals surface area (Å²) in [5.74, 6) is 1.33. The van der Waals surface area contributed by atoms with Crippen LogP contribution < -0.4 is 19.5 Å². The first-order valence-corrected chi connectivity index (χ1v) is 13.9. The van der Waals surface area contributed by atoms with Crippen LogP contribution in [-0.2, 0) is 22.6 Å². The number of thiophene rings is 1. The van der Waals surface area contributed by atoms with Gasteiger partial charge in [0.1, 0.15) is 11.8 Å². The van der Waals surface area contributed by atoms with E-state index in [4.69, 9.17) is 14.2 Å². The molecule has 2 aromatic carbocycles. The molecule has 7 nitrogen and oxygen atoms in total. The van der Waals surface area contributed by atoms with Crippen LogP contribution >= 0.6 is 11.3 Å². The topological polar surface area (TPSA) is 77.1 Å². The number of para-hydroxylation sites is 1. The van der Waals surface area contributed by atoms with Crippen molar-refractivity contribution in [2.75, 3.05) is 21.3 Å². The predicted molar refractivity (Wildman–Crippen MR) is 149 cm³/mol. The molecular formula is C30H36N2O5S. The van der Waals surface area contributed by atoms with Gasteiger partial charge >= 0.3 is 0 Å². The van der Waals surface area contributed by atoms with Crippen LogP contribution in [0.2, 0.25) is 0 Å². The van der Waals surface area contributed by atoms with Crippen molar-refractivity contribution in [2.24, 2.45) is 0 Å². The molecule has 38 heavy (non-hydrogen) atoms. The number of benzene rings is 2. The molecular weight excluding hydrogens is 500 g/mol. The minimum absolute atomic E-state index is 0.0885. The number of amides is 2. The van der Waals surface area contributed by atoms with Gasteiger partial charge in [0, 0.05) is 23.0 Å². The smallest absolute Gasteiger partial charge is 0.247 e. The van der Waals surface area contributed by atoms with Crippen LogP contribution in [0.4, 0.5) is 0 Å². The lowest BCUT2D eigenvalue weighted by atomic mass is 9.94. The van der Waals surface area contributed by atoms with E-state index in [1.54, 1.807) is 32.3 Å². The highest BCUT2D eigenvalue weighted by Crippen LogP contribution is 2.38. The van der Waals surface area contributed by atoms with Crippen LogP contribution in [0.25, 0.3) is 0 Å². The fraction of sp³-hybridized carbons (Fsp3) is 0.400. The minimum Gasteiger partial charge on any atom is -0.497 e. The number of rotatable bonds is 11. The molecule has 2 amide bonds. The minimum atomic E-state index is -0.906. The first-order chi connectivity index (χ1) is 18.5. The number of nitrogens with zero attached hydrogens (tertiary/aromatic N) is 1. The Labute approximate surface area is 228 Å². The lowest BCUT2D eigenvalue weighted by Crippen LogP contribution is -2.47. The molecule has 0 radical (unpaired) electrons. The highest BCUT2D eigenvalue weighted by atomic mass is 32.1. The molecule has 1 atom stereocenters. The SMILES string of the molecule is COc1ccc(CN(C(=O)Cc2cccs2)[C@@H](C(=O)NC2CCCCC2)c2cccc(OC)c2OC)cc1. The van der Waals surface area contributed by atoms with E-state index in [1.807, 2.05) is 53.9 Å². The van der Waals surface area contributed by atoms with Crippen LogP contribution in [0, 0.1) is 0 Å². The highest BCUT2D eigenvalue weighted by Gasteiger charge is 2.36. The summed E-state index contributed by atoms with van der Waals surface area (Å²) >= 11 is 1.53. The number of hydrogen-bond acceptors (Lipinski definition) is 6. The molecule has 3 aromatic rings. The van der Waals surface area contributed by atoms with Gasteiger partial charge in [-0.05, 0) is 48.1 Å². The van der Waals surface area contributed by atoms with E-state index >= 15 is 0 Å². The van der Waals surface area contributed by atoms with Gasteiger partial charge in [-0.15, -0.1) is 11.3 Å². The fourth-order valence-electron chi connectivity index (χ4n) is 5.02. The second-order valence-corrected chi connectivity index (χ2v) is 10.5. The summed E-state index contributed by atoms with van der Waals surface area (Å²) in [7, 11) is 4.74. The molecule has 1 aromatic heterocycles. The number of nitrogens with one attached hydrogen (secondary N) is 1. The zero-order valence-corrected chi connectivity index (χ0v) is 23.1. The first kappa shape index (κ1) is 27.5. The third kappa shape index (κ3) is 6.67. The summed E-state index contributed by atoms with van der Waals surface area (Å²) in [5.41, 5.74) is 1.48. The molecule has 0 unspecified atom stereocenters. The molecule has 1 saturated carbocycles. The molecule has 1 aliphatic carbocycles. The van der Waals surface area contributed by atoms with Crippen LogP contribution in [-0.4, -0.2) is 44.1 Å².